The van der Waals surface area contributed by atoms with E-state index in [1.807, 2.05) is 0 Å². The number of aliphatic imine (C=N–C) groups is 2. The van der Waals surface area contributed by atoms with Crippen molar-refractivity contribution in [3.8, 4) is 0 Å². The fourth-order valence-electron chi connectivity index (χ4n) is 8.87. The summed E-state index contributed by atoms with van der Waals surface area (Å²) in [5.41, 5.74) is 7.59. The Labute approximate surface area is 395 Å². The van der Waals surface area contributed by atoms with E-state index in [2.05, 4.69) is 76.2 Å². The van der Waals surface area contributed by atoms with Crippen molar-refractivity contribution in [3.63, 3.8) is 0 Å². The van der Waals surface area contributed by atoms with Crippen LogP contribution >= 0.6 is 0 Å². The average Bonchev–Trinajstić information content (AvgIpc) is 3.26. The van der Waals surface area contributed by atoms with Crippen LogP contribution in [0.25, 0.3) is 0 Å². The standard InChI is InChI=1S/C58H100N2.Pd/c1-5-9-13-16-19-22-25-26-27-28-31-34-37-40-50-58(60-56-48-42-46-54(52-56)44-39-36-33-30-24-21-18-15-11-7-3)57(49-12-8-4)59-55-47-41-45-53(51-55)43-38-35-32-29-23-20-17-14-10-6-2;/h41-42,45-48,51-52H,5-40,43-44,49-50H2,1-4H3;/b59-57+,60-58+;. The summed E-state index contributed by atoms with van der Waals surface area (Å²) in [5.74, 6) is 0. The molecule has 0 aromatic heterocycles. The number of rotatable bonds is 43. The molecule has 61 heavy (non-hydrogen) atoms. The van der Waals surface area contributed by atoms with Gasteiger partial charge in [-0.05, 0) is 86.8 Å². The molecular formula is C58H100N2Pd. The summed E-state index contributed by atoms with van der Waals surface area (Å²) in [7, 11) is 0. The zero-order valence-corrected chi connectivity index (χ0v) is 42.7. The van der Waals surface area contributed by atoms with Crippen molar-refractivity contribution in [2.75, 3.05) is 0 Å². The molecule has 2 rings (SSSR count). The zero-order valence-electron chi connectivity index (χ0n) is 41.1. The third-order valence-electron chi connectivity index (χ3n) is 12.9. The van der Waals surface area contributed by atoms with Crippen LogP contribution in [0, 0.1) is 0 Å². The molecule has 0 aliphatic heterocycles. The van der Waals surface area contributed by atoms with Crippen LogP contribution in [-0.4, -0.2) is 11.4 Å². The quantitative estimate of drug-likeness (QED) is 0.0360. The van der Waals surface area contributed by atoms with Crippen molar-refractivity contribution in [2.45, 2.75) is 285 Å². The molecule has 2 aromatic carbocycles. The molecule has 0 radical (unpaired) electrons. The van der Waals surface area contributed by atoms with Crippen LogP contribution in [0.2, 0.25) is 0 Å². The summed E-state index contributed by atoms with van der Waals surface area (Å²) in [4.78, 5) is 10.9. The van der Waals surface area contributed by atoms with Crippen molar-refractivity contribution in [1.29, 1.82) is 0 Å². The van der Waals surface area contributed by atoms with Gasteiger partial charge in [0.25, 0.3) is 0 Å². The third-order valence-corrected chi connectivity index (χ3v) is 12.9. The maximum absolute atomic E-state index is 5.48. The predicted octanol–water partition coefficient (Wildman–Crippen LogP) is 20.5. The Morgan fingerprint density at radius 2 is 0.574 bits per heavy atom. The topological polar surface area (TPSA) is 24.7 Å². The number of hydrogen-bond donors (Lipinski definition) is 0. The monoisotopic (exact) mass is 931 g/mol. The van der Waals surface area contributed by atoms with E-state index in [1.54, 1.807) is 0 Å². The van der Waals surface area contributed by atoms with Gasteiger partial charge in [-0.25, -0.2) is 0 Å². The molecule has 2 aromatic rings. The molecule has 0 unspecified atom stereocenters. The smallest absolute Gasteiger partial charge is 0.0636 e. The van der Waals surface area contributed by atoms with Crippen LogP contribution in [0.3, 0.4) is 0 Å². The molecule has 0 N–H and O–H groups in total. The Hall–Kier alpha value is -1.56. The van der Waals surface area contributed by atoms with Crippen molar-refractivity contribution in [2.24, 2.45) is 9.98 Å². The molecule has 0 heterocycles. The maximum atomic E-state index is 5.48. The van der Waals surface area contributed by atoms with Crippen LogP contribution in [0.15, 0.2) is 58.5 Å². The van der Waals surface area contributed by atoms with Gasteiger partial charge in [-0.15, -0.1) is 0 Å². The van der Waals surface area contributed by atoms with Gasteiger partial charge in [0.15, 0.2) is 0 Å². The number of benzene rings is 2. The van der Waals surface area contributed by atoms with Gasteiger partial charge < -0.3 is 0 Å². The van der Waals surface area contributed by atoms with E-state index in [-0.39, 0.29) is 20.4 Å². The van der Waals surface area contributed by atoms with Crippen LogP contribution in [-0.2, 0) is 33.3 Å². The average molecular weight is 932 g/mol. The van der Waals surface area contributed by atoms with Gasteiger partial charge in [-0.3, -0.25) is 9.98 Å². The first-order chi connectivity index (χ1) is 29.7. The Bertz CT molecular complexity index is 1300. The summed E-state index contributed by atoms with van der Waals surface area (Å²) in [6.07, 6.45) is 53.9. The number of nitrogens with zero attached hydrogens (tertiary/aromatic N) is 2. The molecule has 0 aliphatic rings. The second kappa shape index (κ2) is 43.7. The van der Waals surface area contributed by atoms with E-state index in [9.17, 15) is 0 Å². The second-order valence-electron chi connectivity index (χ2n) is 18.8. The molecule has 0 saturated carbocycles. The number of hydrogen-bond acceptors (Lipinski definition) is 2. The molecule has 0 bridgehead atoms. The molecule has 0 atom stereocenters. The number of aryl methyl sites for hydroxylation is 2. The first-order valence-corrected chi connectivity index (χ1v) is 27.0. The van der Waals surface area contributed by atoms with Gasteiger partial charge in [0, 0.05) is 20.4 Å². The van der Waals surface area contributed by atoms with E-state index in [0.717, 1.165) is 43.5 Å². The molecule has 2 nitrogen and oxygen atoms in total. The Morgan fingerprint density at radius 3 is 0.885 bits per heavy atom. The normalized spacial score (nSPS) is 12.0. The van der Waals surface area contributed by atoms with Gasteiger partial charge >= 0.3 is 0 Å². The first-order valence-electron chi connectivity index (χ1n) is 27.0. The van der Waals surface area contributed by atoms with Crippen LogP contribution in [0.1, 0.15) is 283 Å². The maximum Gasteiger partial charge on any atom is 0.0636 e. The van der Waals surface area contributed by atoms with E-state index < -0.39 is 0 Å². The van der Waals surface area contributed by atoms with Gasteiger partial charge in [0.1, 0.15) is 0 Å². The minimum atomic E-state index is 0. The fourth-order valence-corrected chi connectivity index (χ4v) is 8.87. The first kappa shape index (κ1) is 57.5. The summed E-state index contributed by atoms with van der Waals surface area (Å²) in [6, 6.07) is 18.3. The zero-order chi connectivity index (χ0) is 42.8. The minimum absolute atomic E-state index is 0. The summed E-state index contributed by atoms with van der Waals surface area (Å²) >= 11 is 0. The molecule has 0 saturated heterocycles. The Kier molecular flexibility index (Phi) is 41.1. The van der Waals surface area contributed by atoms with E-state index in [0.29, 0.717) is 0 Å². The predicted molar refractivity (Wildman–Crippen MR) is 273 cm³/mol. The largest absolute Gasteiger partial charge is 0.252 e. The van der Waals surface area contributed by atoms with Crippen molar-refractivity contribution >= 4 is 22.8 Å². The van der Waals surface area contributed by atoms with Crippen LogP contribution in [0.4, 0.5) is 11.4 Å². The van der Waals surface area contributed by atoms with Gasteiger partial charge in [0.05, 0.1) is 22.8 Å². The van der Waals surface area contributed by atoms with Gasteiger partial charge in [-0.2, -0.15) is 0 Å². The van der Waals surface area contributed by atoms with E-state index in [4.69, 9.17) is 9.98 Å². The van der Waals surface area contributed by atoms with E-state index >= 15 is 0 Å². The molecule has 0 spiro atoms. The molecule has 3 heteroatoms. The van der Waals surface area contributed by atoms with Crippen molar-refractivity contribution in [3.05, 3.63) is 59.7 Å². The summed E-state index contributed by atoms with van der Waals surface area (Å²) < 4.78 is 0. The van der Waals surface area contributed by atoms with Crippen molar-refractivity contribution in [1.82, 2.24) is 0 Å². The Morgan fingerprint density at radius 1 is 0.311 bits per heavy atom. The fraction of sp³-hybridized carbons (Fsp3) is 0.759. The molecule has 0 fully saturated rings. The molecule has 0 amide bonds. The van der Waals surface area contributed by atoms with E-state index in [1.165, 1.54) is 247 Å². The SMILES string of the molecule is CCCCCCCCCCCCCCCCC(=N\c1cccc(CCCCCCCCCCCC)c1)/C(CCCC)=N/c1cccc(CCCCCCCCCCCC)c1.[Pd]. The second-order valence-corrected chi connectivity index (χ2v) is 18.8. The minimum Gasteiger partial charge on any atom is -0.252 e. The van der Waals surface area contributed by atoms with Gasteiger partial charge in [0.2, 0.25) is 0 Å². The molecule has 352 valence electrons. The summed E-state index contributed by atoms with van der Waals surface area (Å²) in [6.45, 7) is 9.24. The van der Waals surface area contributed by atoms with Gasteiger partial charge in [-0.1, -0.05) is 257 Å². The number of unbranched alkanes of at least 4 members (excludes halogenated alkanes) is 32. The molecular weight excluding hydrogens is 831 g/mol. The van der Waals surface area contributed by atoms with Crippen LogP contribution in [0.5, 0.6) is 0 Å². The molecule has 0 aliphatic carbocycles. The summed E-state index contributed by atoms with van der Waals surface area (Å²) in [5, 5.41) is 0. The third kappa shape index (κ3) is 33.6. The van der Waals surface area contributed by atoms with Crippen molar-refractivity contribution < 1.29 is 20.4 Å². The van der Waals surface area contributed by atoms with Crippen LogP contribution < -0.4 is 0 Å². The Balaban J connectivity index is 0.0000186.